The van der Waals surface area contributed by atoms with Gasteiger partial charge in [0.05, 0.1) is 17.2 Å². The van der Waals surface area contributed by atoms with Crippen molar-refractivity contribution >= 4 is 35.3 Å². The predicted molar refractivity (Wildman–Crippen MR) is 108 cm³/mol. The number of morpholine rings is 1. The van der Waals surface area contributed by atoms with Crippen LogP contribution in [0.25, 0.3) is 0 Å². The van der Waals surface area contributed by atoms with Crippen LogP contribution < -0.4 is 5.32 Å². The van der Waals surface area contributed by atoms with Crippen LogP contribution in [0.2, 0.25) is 5.02 Å². The summed E-state index contributed by atoms with van der Waals surface area (Å²) in [4.78, 5) is 29.1. The summed E-state index contributed by atoms with van der Waals surface area (Å²) in [5.74, 6) is -0.427. The van der Waals surface area contributed by atoms with E-state index in [1.54, 1.807) is 17.8 Å². The van der Waals surface area contributed by atoms with Crippen molar-refractivity contribution in [3.63, 3.8) is 0 Å². The molecule has 1 saturated carbocycles. The number of halogens is 2. The minimum Gasteiger partial charge on any atom is -0.366 e. The molecule has 0 unspecified atom stereocenters. The fourth-order valence-electron chi connectivity index (χ4n) is 4.97. The van der Waals surface area contributed by atoms with Crippen LogP contribution in [0.3, 0.4) is 0 Å². The van der Waals surface area contributed by atoms with Gasteiger partial charge in [0, 0.05) is 41.7 Å². The van der Waals surface area contributed by atoms with E-state index < -0.39 is 0 Å². The molecular weight excluding hydrogens is 417 g/mol. The smallest absolute Gasteiger partial charge is 0.320 e. The summed E-state index contributed by atoms with van der Waals surface area (Å²) in [5.41, 5.74) is 0.223. The van der Waals surface area contributed by atoms with E-state index in [9.17, 15) is 14.0 Å². The minimum absolute atomic E-state index is 0.0159. The molecule has 29 heavy (non-hydrogen) atoms. The van der Waals surface area contributed by atoms with E-state index in [1.165, 1.54) is 12.1 Å². The maximum Gasteiger partial charge on any atom is 0.320 e. The molecule has 156 valence electrons. The van der Waals surface area contributed by atoms with Crippen LogP contribution in [-0.4, -0.2) is 71.9 Å². The average molecular weight is 440 g/mol. The molecule has 1 aliphatic carbocycles. The maximum atomic E-state index is 13.2. The highest BCUT2D eigenvalue weighted by atomic mass is 35.5. The number of piperidine rings is 1. The second-order valence-corrected chi connectivity index (χ2v) is 10.4. The quantitative estimate of drug-likeness (QED) is 0.769. The third kappa shape index (κ3) is 3.70. The van der Waals surface area contributed by atoms with Crippen LogP contribution >= 0.6 is 23.4 Å². The molecule has 3 amide bonds. The van der Waals surface area contributed by atoms with Crippen molar-refractivity contribution in [2.24, 2.45) is 5.41 Å². The van der Waals surface area contributed by atoms with Crippen LogP contribution in [0.1, 0.15) is 19.3 Å². The van der Waals surface area contributed by atoms with Crippen molar-refractivity contribution in [2.45, 2.75) is 41.6 Å². The molecule has 4 aliphatic rings. The van der Waals surface area contributed by atoms with E-state index in [0.29, 0.717) is 23.4 Å². The number of carbonyl (C=O) groups excluding carboxylic acids is 2. The first-order chi connectivity index (χ1) is 13.9. The monoisotopic (exact) mass is 439 g/mol. The largest absolute Gasteiger partial charge is 0.366 e. The highest BCUT2D eigenvalue weighted by molar-refractivity contribution is 8.00. The number of ether oxygens (including phenoxy) is 1. The van der Waals surface area contributed by atoms with Crippen molar-refractivity contribution in [1.82, 2.24) is 15.1 Å². The Labute approximate surface area is 178 Å². The number of benzene rings is 1. The van der Waals surface area contributed by atoms with Crippen molar-refractivity contribution < 1.29 is 18.7 Å². The number of fused-ring (bicyclic) bond motifs is 1. The molecule has 6 nitrogen and oxygen atoms in total. The second kappa shape index (κ2) is 7.32. The van der Waals surface area contributed by atoms with E-state index in [-0.39, 0.29) is 41.9 Å². The number of thioether (sulfide) groups is 1. The molecule has 5 rings (SSSR count). The lowest BCUT2D eigenvalue weighted by Gasteiger charge is -2.59. The van der Waals surface area contributed by atoms with E-state index >= 15 is 0 Å². The Kier molecular flexibility index (Phi) is 4.91. The lowest BCUT2D eigenvalue weighted by atomic mass is 9.63. The van der Waals surface area contributed by atoms with Crippen LogP contribution in [0.4, 0.5) is 9.18 Å². The zero-order chi connectivity index (χ0) is 20.2. The predicted octanol–water partition coefficient (Wildman–Crippen LogP) is 2.74. The summed E-state index contributed by atoms with van der Waals surface area (Å²) >= 11 is 7.83. The van der Waals surface area contributed by atoms with Crippen molar-refractivity contribution in [3.8, 4) is 0 Å². The second-order valence-electron chi connectivity index (χ2n) is 8.62. The van der Waals surface area contributed by atoms with Crippen molar-refractivity contribution in [1.29, 1.82) is 0 Å². The van der Waals surface area contributed by atoms with Gasteiger partial charge in [-0.25, -0.2) is 9.18 Å². The maximum absolute atomic E-state index is 13.2. The van der Waals surface area contributed by atoms with Crippen LogP contribution in [-0.2, 0) is 9.53 Å². The van der Waals surface area contributed by atoms with E-state index in [4.69, 9.17) is 16.3 Å². The number of nitrogens with one attached hydrogen (secondary N) is 1. The molecule has 3 heterocycles. The molecule has 3 saturated heterocycles. The first kappa shape index (κ1) is 19.5. The lowest BCUT2D eigenvalue weighted by Crippen LogP contribution is -2.68. The molecule has 0 radical (unpaired) electrons. The Bertz CT molecular complexity index is 842. The zero-order valence-electron chi connectivity index (χ0n) is 15.9. The standard InChI is InChI=1S/C20H23ClFN3O3S/c21-14-5-12(22)1-2-17(14)29-13-6-20(7-13)10-25(11-20)19(27)24-4-3-16-15(8-24)23-18(26)9-28-16/h1-2,5,13,15-16H,3-4,6-11H2,(H,23,26)/t15-,16+/m1/s1. The van der Waals surface area contributed by atoms with Gasteiger partial charge in [0.2, 0.25) is 5.91 Å². The minimum atomic E-state index is -0.319. The molecule has 2 atom stereocenters. The zero-order valence-corrected chi connectivity index (χ0v) is 17.5. The summed E-state index contributed by atoms with van der Waals surface area (Å²) in [7, 11) is 0. The van der Waals surface area contributed by atoms with E-state index in [1.807, 2.05) is 9.80 Å². The normalized spacial score (nSPS) is 28.4. The van der Waals surface area contributed by atoms with Crippen LogP contribution in [0.15, 0.2) is 23.1 Å². The van der Waals surface area contributed by atoms with Gasteiger partial charge < -0.3 is 19.9 Å². The molecule has 4 fully saturated rings. The number of likely N-dealkylation sites (tertiary alicyclic amines) is 2. The molecule has 9 heteroatoms. The van der Waals surface area contributed by atoms with Gasteiger partial charge in [-0.3, -0.25) is 4.79 Å². The number of hydrogen-bond acceptors (Lipinski definition) is 4. The third-order valence-corrected chi connectivity index (χ3v) is 8.13. The van der Waals surface area contributed by atoms with E-state index in [2.05, 4.69) is 5.32 Å². The van der Waals surface area contributed by atoms with Gasteiger partial charge in [-0.1, -0.05) is 11.6 Å². The van der Waals surface area contributed by atoms with Gasteiger partial charge in [-0.2, -0.15) is 0 Å². The Morgan fingerprint density at radius 3 is 2.86 bits per heavy atom. The Morgan fingerprint density at radius 2 is 2.10 bits per heavy atom. The molecule has 1 spiro atoms. The Morgan fingerprint density at radius 1 is 1.31 bits per heavy atom. The highest BCUT2D eigenvalue weighted by Gasteiger charge is 2.54. The average Bonchev–Trinajstić information content (AvgIpc) is 2.63. The number of nitrogens with zero attached hydrogens (tertiary/aromatic N) is 2. The number of rotatable bonds is 2. The molecule has 1 aromatic rings. The summed E-state index contributed by atoms with van der Waals surface area (Å²) in [6.45, 7) is 2.87. The van der Waals surface area contributed by atoms with Crippen molar-refractivity contribution in [2.75, 3.05) is 32.8 Å². The first-order valence-corrected chi connectivity index (χ1v) is 11.2. The molecule has 1 aromatic carbocycles. The fraction of sp³-hybridized carbons (Fsp3) is 0.600. The first-order valence-electron chi connectivity index (χ1n) is 9.97. The summed E-state index contributed by atoms with van der Waals surface area (Å²) in [5, 5.41) is 3.86. The SMILES string of the molecule is O=C1CO[C@H]2CCN(C(=O)N3CC4(CC(Sc5ccc(F)cc5Cl)C4)C3)C[C@H]2N1. The van der Waals surface area contributed by atoms with Gasteiger partial charge in [-0.15, -0.1) is 11.8 Å². The summed E-state index contributed by atoms with van der Waals surface area (Å²) < 4.78 is 18.8. The molecule has 1 N–H and O–H groups in total. The highest BCUT2D eigenvalue weighted by Crippen LogP contribution is 2.54. The summed E-state index contributed by atoms with van der Waals surface area (Å²) in [6, 6.07) is 4.49. The third-order valence-electron chi connectivity index (χ3n) is 6.43. The van der Waals surface area contributed by atoms with Crippen LogP contribution in [0, 0.1) is 11.2 Å². The molecular formula is C20H23ClFN3O3S. The Balaban J connectivity index is 1.10. The van der Waals surface area contributed by atoms with Gasteiger partial charge >= 0.3 is 6.03 Å². The fourth-order valence-corrected chi connectivity index (χ4v) is 6.82. The number of urea groups is 1. The molecule has 0 aromatic heterocycles. The summed E-state index contributed by atoms with van der Waals surface area (Å²) in [6.07, 6.45) is 2.86. The number of carbonyl (C=O) groups is 2. The van der Waals surface area contributed by atoms with Gasteiger partial charge in [0.15, 0.2) is 0 Å². The van der Waals surface area contributed by atoms with Gasteiger partial charge in [0.1, 0.15) is 12.4 Å². The van der Waals surface area contributed by atoms with Crippen LogP contribution in [0.5, 0.6) is 0 Å². The molecule has 3 aliphatic heterocycles. The number of amides is 3. The van der Waals surface area contributed by atoms with Gasteiger partial charge in [0.25, 0.3) is 0 Å². The molecule has 0 bridgehead atoms. The van der Waals surface area contributed by atoms with Crippen molar-refractivity contribution in [3.05, 3.63) is 29.0 Å². The van der Waals surface area contributed by atoms with Gasteiger partial charge in [-0.05, 0) is 37.5 Å². The Hall–Kier alpha value is -1.51. The lowest BCUT2D eigenvalue weighted by molar-refractivity contribution is -0.140. The topological polar surface area (TPSA) is 61.9 Å². The van der Waals surface area contributed by atoms with E-state index in [0.717, 1.165) is 37.2 Å². The number of hydrogen-bond donors (Lipinski definition) is 1.